The predicted octanol–water partition coefficient (Wildman–Crippen LogP) is 10.2. The SMILES string of the molecule is Cc1nc(CNCCCCNCc2cc3c4ccccc4n(CCCc4ccccc4)c3c(C)n2)cc2c3ccccc3n(CCCc3ccccc3)c12. The molecule has 0 aliphatic rings. The Morgan fingerprint density at radius 3 is 1.31 bits per heavy atom. The van der Waals surface area contributed by atoms with Crippen LogP contribution in [-0.2, 0) is 39.0 Å². The summed E-state index contributed by atoms with van der Waals surface area (Å²) in [5.41, 5.74) is 12.4. The van der Waals surface area contributed by atoms with Crippen LogP contribution >= 0.6 is 0 Å². The smallest absolute Gasteiger partial charge is 0.0707 e. The number of nitrogens with zero attached hydrogens (tertiary/aromatic N) is 4. The Hall–Kier alpha value is -5.30. The van der Waals surface area contributed by atoms with Gasteiger partial charge in [-0.15, -0.1) is 0 Å². The quantitative estimate of drug-likeness (QED) is 0.0923. The molecule has 6 nitrogen and oxygen atoms in total. The second kappa shape index (κ2) is 16.8. The molecule has 0 radical (unpaired) electrons. The molecule has 0 spiro atoms. The summed E-state index contributed by atoms with van der Waals surface area (Å²) < 4.78 is 4.98. The van der Waals surface area contributed by atoms with Crippen molar-refractivity contribution in [3.8, 4) is 0 Å². The van der Waals surface area contributed by atoms with E-state index in [-0.39, 0.29) is 0 Å². The Morgan fingerprint density at radius 2 is 0.870 bits per heavy atom. The zero-order valence-electron chi connectivity index (χ0n) is 31.8. The van der Waals surface area contributed by atoms with Crippen molar-refractivity contribution in [1.29, 1.82) is 0 Å². The van der Waals surface area contributed by atoms with Crippen LogP contribution in [0.1, 0.15) is 59.6 Å². The van der Waals surface area contributed by atoms with E-state index >= 15 is 0 Å². The number of aromatic nitrogens is 4. The molecule has 4 heterocycles. The number of para-hydroxylation sites is 2. The molecule has 0 saturated carbocycles. The van der Waals surface area contributed by atoms with Crippen molar-refractivity contribution in [2.24, 2.45) is 0 Å². The van der Waals surface area contributed by atoms with Crippen LogP contribution in [-0.4, -0.2) is 32.2 Å². The van der Waals surface area contributed by atoms with E-state index in [1.807, 2.05) is 0 Å². The van der Waals surface area contributed by atoms with Crippen LogP contribution in [0, 0.1) is 13.8 Å². The molecule has 54 heavy (non-hydrogen) atoms. The summed E-state index contributed by atoms with van der Waals surface area (Å²) in [6, 6.07) is 43.9. The predicted molar refractivity (Wildman–Crippen MR) is 226 cm³/mol. The maximum atomic E-state index is 5.08. The summed E-state index contributed by atoms with van der Waals surface area (Å²) in [6.45, 7) is 9.80. The van der Waals surface area contributed by atoms with Crippen LogP contribution < -0.4 is 10.6 Å². The third-order valence-electron chi connectivity index (χ3n) is 10.9. The summed E-state index contributed by atoms with van der Waals surface area (Å²) in [4.78, 5) is 10.2. The molecule has 0 aliphatic carbocycles. The Labute approximate surface area is 319 Å². The molecular formula is C48H52N6. The first kappa shape index (κ1) is 35.7. The average molecular weight is 713 g/mol. The fourth-order valence-electron chi connectivity index (χ4n) is 8.42. The van der Waals surface area contributed by atoms with Gasteiger partial charge in [-0.05, 0) is 101 Å². The van der Waals surface area contributed by atoms with Gasteiger partial charge in [0.05, 0.1) is 33.8 Å². The number of nitrogens with one attached hydrogen (secondary N) is 2. The van der Waals surface area contributed by atoms with Crippen LogP contribution in [0.4, 0.5) is 0 Å². The lowest BCUT2D eigenvalue weighted by Crippen LogP contribution is -2.19. The molecule has 0 amide bonds. The number of unbranched alkanes of at least 4 members (excludes halogenated alkanes) is 1. The van der Waals surface area contributed by atoms with E-state index in [4.69, 9.17) is 9.97 Å². The van der Waals surface area contributed by atoms with E-state index in [9.17, 15) is 0 Å². The van der Waals surface area contributed by atoms with Gasteiger partial charge in [0.2, 0.25) is 0 Å². The Bertz CT molecular complexity index is 2300. The first-order valence-corrected chi connectivity index (χ1v) is 19.9. The van der Waals surface area contributed by atoms with Gasteiger partial charge in [0.15, 0.2) is 0 Å². The minimum Gasteiger partial charge on any atom is -0.339 e. The number of rotatable bonds is 17. The molecule has 0 atom stereocenters. The first-order chi connectivity index (χ1) is 26.6. The lowest BCUT2D eigenvalue weighted by Gasteiger charge is -2.11. The van der Waals surface area contributed by atoms with E-state index < -0.39 is 0 Å². The molecule has 0 fully saturated rings. The minimum atomic E-state index is 0.779. The zero-order chi connectivity index (χ0) is 36.7. The molecule has 4 aromatic heterocycles. The van der Waals surface area contributed by atoms with Crippen molar-refractivity contribution in [3.63, 3.8) is 0 Å². The number of pyridine rings is 2. The van der Waals surface area contributed by atoms with Gasteiger partial charge in [-0.3, -0.25) is 9.97 Å². The maximum absolute atomic E-state index is 5.08. The number of aryl methyl sites for hydroxylation is 6. The molecule has 6 heteroatoms. The van der Waals surface area contributed by atoms with E-state index in [0.29, 0.717) is 0 Å². The summed E-state index contributed by atoms with van der Waals surface area (Å²) >= 11 is 0. The van der Waals surface area contributed by atoms with Crippen LogP contribution in [0.25, 0.3) is 43.6 Å². The molecule has 0 bridgehead atoms. The minimum absolute atomic E-state index is 0.779. The van der Waals surface area contributed by atoms with E-state index in [1.54, 1.807) is 0 Å². The van der Waals surface area contributed by atoms with Crippen molar-refractivity contribution in [1.82, 2.24) is 29.7 Å². The topological polar surface area (TPSA) is 59.7 Å². The summed E-state index contributed by atoms with van der Waals surface area (Å²) in [5.74, 6) is 0. The lowest BCUT2D eigenvalue weighted by atomic mass is 10.1. The Morgan fingerprint density at radius 1 is 0.463 bits per heavy atom. The number of fused-ring (bicyclic) bond motifs is 6. The fraction of sp³-hybridized carbons (Fsp3) is 0.292. The highest BCUT2D eigenvalue weighted by molar-refractivity contribution is 6.09. The van der Waals surface area contributed by atoms with Gasteiger partial charge >= 0.3 is 0 Å². The van der Waals surface area contributed by atoms with Crippen LogP contribution in [0.2, 0.25) is 0 Å². The third kappa shape index (κ3) is 7.82. The van der Waals surface area contributed by atoms with Gasteiger partial charge < -0.3 is 19.8 Å². The molecule has 0 saturated heterocycles. The zero-order valence-corrected chi connectivity index (χ0v) is 31.8. The van der Waals surface area contributed by atoms with Gasteiger partial charge in [0.1, 0.15) is 0 Å². The Kier molecular flexibility index (Phi) is 11.1. The number of benzene rings is 4. The van der Waals surface area contributed by atoms with Crippen molar-refractivity contribution < 1.29 is 0 Å². The standard InChI is InChI=1S/C48H52N6/c1-35-47-43(41-23-9-11-25-45(41)53(47)29-15-21-37-17-5-3-6-18-37)31-39(51-35)33-49-27-13-14-28-50-34-40-32-44-42-24-10-12-26-46(42)54(48(44)36(2)52-40)30-16-22-38-19-7-4-8-20-38/h3-12,17-20,23-26,31-32,49-50H,13-16,21-22,27-30,33-34H2,1-2H3. The molecule has 4 aromatic carbocycles. The third-order valence-corrected chi connectivity index (χ3v) is 10.9. The molecule has 2 N–H and O–H groups in total. The fourth-order valence-corrected chi connectivity index (χ4v) is 8.42. The molecular weight excluding hydrogens is 661 g/mol. The monoisotopic (exact) mass is 712 g/mol. The second-order valence-electron chi connectivity index (χ2n) is 14.8. The summed E-state index contributed by atoms with van der Waals surface area (Å²) in [5, 5.41) is 12.6. The van der Waals surface area contributed by atoms with Gasteiger partial charge in [-0.2, -0.15) is 0 Å². The van der Waals surface area contributed by atoms with Crippen molar-refractivity contribution in [3.05, 3.63) is 155 Å². The van der Waals surface area contributed by atoms with E-state index in [0.717, 1.165) is 101 Å². The Balaban J connectivity index is 0.834. The normalized spacial score (nSPS) is 11.8. The van der Waals surface area contributed by atoms with Crippen molar-refractivity contribution in [2.75, 3.05) is 13.1 Å². The number of hydrogen-bond acceptors (Lipinski definition) is 4. The maximum Gasteiger partial charge on any atom is 0.0707 e. The van der Waals surface area contributed by atoms with Gasteiger partial charge in [-0.25, -0.2) is 0 Å². The van der Waals surface area contributed by atoms with E-state index in [2.05, 4.69) is 155 Å². The van der Waals surface area contributed by atoms with Gasteiger partial charge in [0, 0.05) is 58.8 Å². The molecule has 0 unspecified atom stereocenters. The average Bonchev–Trinajstić information content (AvgIpc) is 3.69. The van der Waals surface area contributed by atoms with Crippen molar-refractivity contribution >= 4 is 43.6 Å². The lowest BCUT2D eigenvalue weighted by molar-refractivity contribution is 0.576. The number of hydrogen-bond donors (Lipinski definition) is 2. The largest absolute Gasteiger partial charge is 0.339 e. The van der Waals surface area contributed by atoms with Crippen molar-refractivity contribution in [2.45, 2.75) is 78.6 Å². The highest BCUT2D eigenvalue weighted by Crippen LogP contribution is 2.33. The molecule has 8 aromatic rings. The highest BCUT2D eigenvalue weighted by Gasteiger charge is 2.16. The van der Waals surface area contributed by atoms with Crippen LogP contribution in [0.3, 0.4) is 0 Å². The molecule has 274 valence electrons. The van der Waals surface area contributed by atoms with E-state index in [1.165, 1.54) is 54.7 Å². The molecule has 0 aliphatic heterocycles. The summed E-state index contributed by atoms with van der Waals surface area (Å²) in [7, 11) is 0. The van der Waals surface area contributed by atoms with Crippen LogP contribution in [0.15, 0.2) is 121 Å². The molecule has 8 rings (SSSR count). The van der Waals surface area contributed by atoms with Crippen LogP contribution in [0.5, 0.6) is 0 Å². The first-order valence-electron chi connectivity index (χ1n) is 19.9. The van der Waals surface area contributed by atoms with Gasteiger partial charge in [0.25, 0.3) is 0 Å². The summed E-state index contributed by atoms with van der Waals surface area (Å²) in [6.07, 6.45) is 6.57. The second-order valence-corrected chi connectivity index (χ2v) is 14.8. The highest BCUT2D eigenvalue weighted by atomic mass is 15.0. The van der Waals surface area contributed by atoms with Gasteiger partial charge in [-0.1, -0.05) is 97.1 Å².